The summed E-state index contributed by atoms with van der Waals surface area (Å²) in [7, 11) is 0. The van der Waals surface area contributed by atoms with Crippen molar-refractivity contribution in [2.45, 2.75) is 59.0 Å². The predicted octanol–water partition coefficient (Wildman–Crippen LogP) is 0.796. The second kappa shape index (κ2) is 8.08. The molecule has 5 nitrogen and oxygen atoms in total. The number of rotatable bonds is 8. The van der Waals surface area contributed by atoms with E-state index in [9.17, 15) is 9.59 Å². The number of hydrogen-bond acceptors (Lipinski definition) is 3. The minimum Gasteiger partial charge on any atom is -0.355 e. The molecule has 0 heterocycles. The fourth-order valence-electron chi connectivity index (χ4n) is 1.20. The lowest BCUT2D eigenvalue weighted by Crippen LogP contribution is -2.52. The molecule has 0 radical (unpaired) electrons. The Morgan fingerprint density at radius 1 is 1.22 bits per heavy atom. The smallest absolute Gasteiger partial charge is 0.237 e. The van der Waals surface area contributed by atoms with Crippen LogP contribution in [-0.4, -0.2) is 36.5 Å². The van der Waals surface area contributed by atoms with Crippen LogP contribution in [0.5, 0.6) is 0 Å². The van der Waals surface area contributed by atoms with Gasteiger partial charge in [-0.05, 0) is 33.6 Å². The Kier molecular flexibility index (Phi) is 7.59. The molecule has 0 aliphatic heterocycles. The van der Waals surface area contributed by atoms with Gasteiger partial charge < -0.3 is 10.6 Å². The van der Waals surface area contributed by atoms with Crippen LogP contribution in [0.25, 0.3) is 0 Å². The van der Waals surface area contributed by atoms with Crippen LogP contribution in [0.2, 0.25) is 0 Å². The van der Waals surface area contributed by atoms with Crippen LogP contribution < -0.4 is 16.0 Å². The van der Waals surface area contributed by atoms with Crippen molar-refractivity contribution in [2.75, 3.05) is 13.1 Å². The molecule has 0 saturated heterocycles. The van der Waals surface area contributed by atoms with Crippen LogP contribution in [0.1, 0.15) is 47.5 Å². The summed E-state index contributed by atoms with van der Waals surface area (Å²) in [4.78, 5) is 23.2. The molecular weight excluding hydrogens is 230 g/mol. The highest BCUT2D eigenvalue weighted by Gasteiger charge is 2.21. The Morgan fingerprint density at radius 2 is 1.83 bits per heavy atom. The first-order valence-electron chi connectivity index (χ1n) is 6.64. The van der Waals surface area contributed by atoms with Gasteiger partial charge in [0.05, 0.1) is 12.6 Å². The Morgan fingerprint density at radius 3 is 2.33 bits per heavy atom. The molecule has 0 fully saturated rings. The molecule has 1 unspecified atom stereocenters. The fraction of sp³-hybridized carbons (Fsp3) is 0.846. The van der Waals surface area contributed by atoms with Gasteiger partial charge in [0.1, 0.15) is 0 Å². The van der Waals surface area contributed by atoms with Crippen molar-refractivity contribution in [1.82, 2.24) is 16.0 Å². The van der Waals surface area contributed by atoms with E-state index in [-0.39, 0.29) is 29.9 Å². The maximum Gasteiger partial charge on any atom is 0.237 e. The maximum absolute atomic E-state index is 11.8. The number of nitrogens with one attached hydrogen (secondary N) is 3. The highest BCUT2D eigenvalue weighted by Crippen LogP contribution is 2.06. The lowest BCUT2D eigenvalue weighted by molar-refractivity contribution is -0.124. The second-order valence-electron chi connectivity index (χ2n) is 5.18. The maximum atomic E-state index is 11.8. The van der Waals surface area contributed by atoms with E-state index in [2.05, 4.69) is 16.0 Å². The van der Waals surface area contributed by atoms with Crippen LogP contribution in [-0.2, 0) is 9.59 Å². The van der Waals surface area contributed by atoms with Crippen molar-refractivity contribution in [2.24, 2.45) is 0 Å². The first-order valence-corrected chi connectivity index (χ1v) is 6.64. The third kappa shape index (κ3) is 7.27. The zero-order chi connectivity index (χ0) is 14.2. The third-order valence-electron chi connectivity index (χ3n) is 2.88. The van der Waals surface area contributed by atoms with Crippen LogP contribution in [0, 0.1) is 0 Å². The van der Waals surface area contributed by atoms with E-state index in [1.165, 1.54) is 0 Å². The third-order valence-corrected chi connectivity index (χ3v) is 2.88. The van der Waals surface area contributed by atoms with Gasteiger partial charge in [0.2, 0.25) is 11.8 Å². The molecule has 0 spiro atoms. The molecule has 0 aromatic heterocycles. The molecule has 0 aliphatic rings. The molecule has 0 saturated carbocycles. The van der Waals surface area contributed by atoms with Gasteiger partial charge in [0.15, 0.2) is 0 Å². The van der Waals surface area contributed by atoms with Crippen LogP contribution in [0.4, 0.5) is 0 Å². The van der Waals surface area contributed by atoms with Crippen molar-refractivity contribution in [3.63, 3.8) is 0 Å². The zero-order valence-electron chi connectivity index (χ0n) is 12.2. The molecule has 0 aromatic rings. The van der Waals surface area contributed by atoms with E-state index in [1.807, 2.05) is 27.7 Å². The molecule has 106 valence electrons. The van der Waals surface area contributed by atoms with Crippen molar-refractivity contribution < 1.29 is 9.59 Å². The van der Waals surface area contributed by atoms with E-state index in [1.54, 1.807) is 6.92 Å². The molecule has 5 heteroatoms. The molecule has 18 heavy (non-hydrogen) atoms. The molecule has 2 amide bonds. The summed E-state index contributed by atoms with van der Waals surface area (Å²) in [6.45, 7) is 10.6. The molecule has 0 aromatic carbocycles. The summed E-state index contributed by atoms with van der Waals surface area (Å²) >= 11 is 0. The molecule has 0 bridgehead atoms. The Labute approximate surface area is 110 Å². The molecule has 0 rings (SSSR count). The van der Waals surface area contributed by atoms with Gasteiger partial charge in [-0.3, -0.25) is 14.9 Å². The number of hydrogen-bond donors (Lipinski definition) is 3. The Balaban J connectivity index is 3.98. The van der Waals surface area contributed by atoms with Crippen LogP contribution in [0.15, 0.2) is 0 Å². The van der Waals surface area contributed by atoms with Gasteiger partial charge >= 0.3 is 0 Å². The van der Waals surface area contributed by atoms with E-state index < -0.39 is 0 Å². The second-order valence-corrected chi connectivity index (χ2v) is 5.18. The average Bonchev–Trinajstić information content (AvgIpc) is 2.32. The van der Waals surface area contributed by atoms with E-state index in [0.29, 0.717) is 6.54 Å². The largest absolute Gasteiger partial charge is 0.355 e. The monoisotopic (exact) mass is 257 g/mol. The first kappa shape index (κ1) is 16.9. The summed E-state index contributed by atoms with van der Waals surface area (Å²) in [6.07, 6.45) is 1.77. The number of amides is 2. The highest BCUT2D eigenvalue weighted by atomic mass is 16.2. The van der Waals surface area contributed by atoms with Gasteiger partial charge in [-0.15, -0.1) is 0 Å². The van der Waals surface area contributed by atoms with E-state index in [0.717, 1.165) is 12.8 Å². The minimum absolute atomic E-state index is 0.0775. The van der Waals surface area contributed by atoms with E-state index >= 15 is 0 Å². The first-order chi connectivity index (χ1) is 8.32. The van der Waals surface area contributed by atoms with Crippen molar-refractivity contribution in [3.8, 4) is 0 Å². The van der Waals surface area contributed by atoms with Crippen LogP contribution >= 0.6 is 0 Å². The molecule has 1 atom stereocenters. The van der Waals surface area contributed by atoms with Crippen molar-refractivity contribution >= 4 is 11.8 Å². The summed E-state index contributed by atoms with van der Waals surface area (Å²) in [5, 5.41) is 8.61. The predicted molar refractivity (Wildman–Crippen MR) is 73.3 cm³/mol. The van der Waals surface area contributed by atoms with Gasteiger partial charge in [-0.2, -0.15) is 0 Å². The lowest BCUT2D eigenvalue weighted by atomic mass is 10.0. The standard InChI is InChI=1S/C13H27N3O2/c1-6-8-14-11(17)9-15-10(3)12(18)16-13(4,5)7-2/h10,15H,6-9H2,1-5H3,(H,14,17)(H,16,18). The fourth-order valence-corrected chi connectivity index (χ4v) is 1.20. The van der Waals surface area contributed by atoms with Crippen LogP contribution in [0.3, 0.4) is 0 Å². The topological polar surface area (TPSA) is 70.2 Å². The molecule has 0 aliphatic carbocycles. The zero-order valence-corrected chi connectivity index (χ0v) is 12.2. The summed E-state index contributed by atoms with van der Waals surface area (Å²) in [6, 6.07) is -0.372. The van der Waals surface area contributed by atoms with Gasteiger partial charge in [0, 0.05) is 12.1 Å². The summed E-state index contributed by atoms with van der Waals surface area (Å²) < 4.78 is 0. The quantitative estimate of drug-likeness (QED) is 0.602. The Bertz CT molecular complexity index is 277. The molecule has 3 N–H and O–H groups in total. The number of carbonyl (C=O) groups is 2. The summed E-state index contributed by atoms with van der Waals surface area (Å²) in [5.74, 6) is -0.156. The number of carbonyl (C=O) groups excluding carboxylic acids is 2. The van der Waals surface area contributed by atoms with Crippen molar-refractivity contribution in [1.29, 1.82) is 0 Å². The van der Waals surface area contributed by atoms with Gasteiger partial charge in [-0.25, -0.2) is 0 Å². The SMILES string of the molecule is CCCNC(=O)CNC(C)C(=O)NC(C)(C)CC. The summed E-state index contributed by atoms with van der Waals surface area (Å²) in [5.41, 5.74) is -0.211. The minimum atomic E-state index is -0.372. The highest BCUT2D eigenvalue weighted by molar-refractivity contribution is 5.83. The normalized spacial score (nSPS) is 12.9. The molecular formula is C13H27N3O2. The van der Waals surface area contributed by atoms with Gasteiger partial charge in [-0.1, -0.05) is 13.8 Å². The lowest BCUT2D eigenvalue weighted by Gasteiger charge is -2.26. The van der Waals surface area contributed by atoms with Crippen molar-refractivity contribution in [3.05, 3.63) is 0 Å². The van der Waals surface area contributed by atoms with Gasteiger partial charge in [0.25, 0.3) is 0 Å². The van der Waals surface area contributed by atoms with E-state index in [4.69, 9.17) is 0 Å². The Hall–Kier alpha value is -1.10. The average molecular weight is 257 g/mol.